The van der Waals surface area contributed by atoms with Crippen LogP contribution in [0.4, 0.5) is 4.39 Å². The summed E-state index contributed by atoms with van der Waals surface area (Å²) in [6.45, 7) is 0. The van der Waals surface area contributed by atoms with Crippen LogP contribution < -0.4 is 5.73 Å². The van der Waals surface area contributed by atoms with Crippen molar-refractivity contribution in [3.8, 4) is 0 Å². The molecule has 3 nitrogen and oxygen atoms in total. The summed E-state index contributed by atoms with van der Waals surface area (Å²) in [4.78, 5) is 21.2. The molecule has 4 heteroatoms. The first kappa shape index (κ1) is 8.39. The van der Waals surface area contributed by atoms with Crippen molar-refractivity contribution >= 4 is 11.7 Å². The van der Waals surface area contributed by atoms with Gasteiger partial charge in [0.1, 0.15) is 5.82 Å². The molecule has 1 aromatic carbocycles. The molecule has 0 saturated heterocycles. The monoisotopic (exact) mass is 167 g/mol. The average molecular weight is 167 g/mol. The van der Waals surface area contributed by atoms with E-state index in [4.69, 9.17) is 0 Å². The Labute approximate surface area is 68.0 Å². The van der Waals surface area contributed by atoms with Crippen molar-refractivity contribution in [1.29, 1.82) is 0 Å². The Morgan fingerprint density at radius 1 is 1.25 bits per heavy atom. The number of carbonyl (C=O) groups excluding carboxylic acids is 2. The standard InChI is InChI=1S/C8H6FNO2/c9-6-4-2-1-3-5(6)7(11)8(10)12/h1-4H,(H2,10,12). The second kappa shape index (κ2) is 3.13. The Hall–Kier alpha value is -1.71. The number of primary amides is 1. The van der Waals surface area contributed by atoms with E-state index in [0.717, 1.165) is 6.07 Å². The summed E-state index contributed by atoms with van der Waals surface area (Å²) in [7, 11) is 0. The normalized spacial score (nSPS) is 9.42. The first-order valence-electron chi connectivity index (χ1n) is 3.21. The molecule has 0 fully saturated rings. The minimum Gasteiger partial charge on any atom is -0.363 e. The summed E-state index contributed by atoms with van der Waals surface area (Å²) in [6.07, 6.45) is 0. The van der Waals surface area contributed by atoms with E-state index in [1.54, 1.807) is 0 Å². The van der Waals surface area contributed by atoms with E-state index in [2.05, 4.69) is 5.73 Å². The highest BCUT2D eigenvalue weighted by atomic mass is 19.1. The number of rotatable bonds is 2. The Kier molecular flexibility index (Phi) is 2.19. The zero-order valence-corrected chi connectivity index (χ0v) is 6.08. The Morgan fingerprint density at radius 3 is 2.33 bits per heavy atom. The molecule has 0 atom stereocenters. The minimum atomic E-state index is -1.15. The van der Waals surface area contributed by atoms with Crippen LogP contribution in [-0.4, -0.2) is 11.7 Å². The second-order valence-electron chi connectivity index (χ2n) is 2.17. The number of benzene rings is 1. The van der Waals surface area contributed by atoms with Gasteiger partial charge >= 0.3 is 0 Å². The Bertz CT molecular complexity index is 336. The summed E-state index contributed by atoms with van der Waals surface area (Å²) in [5.41, 5.74) is 4.39. The molecule has 2 N–H and O–H groups in total. The summed E-state index contributed by atoms with van der Waals surface area (Å²) >= 11 is 0. The van der Waals surface area contributed by atoms with E-state index in [1.165, 1.54) is 18.2 Å². The van der Waals surface area contributed by atoms with Gasteiger partial charge in [-0.3, -0.25) is 9.59 Å². The third-order valence-corrected chi connectivity index (χ3v) is 1.34. The quantitative estimate of drug-likeness (QED) is 0.514. The maximum Gasteiger partial charge on any atom is 0.289 e. The molecule has 62 valence electrons. The molecular weight excluding hydrogens is 161 g/mol. The number of ketones is 1. The van der Waals surface area contributed by atoms with E-state index >= 15 is 0 Å². The predicted molar refractivity (Wildman–Crippen MR) is 39.9 cm³/mol. The van der Waals surface area contributed by atoms with E-state index in [9.17, 15) is 14.0 Å². The summed E-state index contributed by atoms with van der Waals surface area (Å²) in [5.74, 6) is -2.89. The van der Waals surface area contributed by atoms with E-state index in [-0.39, 0.29) is 5.56 Å². The lowest BCUT2D eigenvalue weighted by Gasteiger charge is -1.96. The molecule has 12 heavy (non-hydrogen) atoms. The molecule has 0 unspecified atom stereocenters. The van der Waals surface area contributed by atoms with Crippen molar-refractivity contribution in [3.63, 3.8) is 0 Å². The van der Waals surface area contributed by atoms with Gasteiger partial charge in [0.15, 0.2) is 0 Å². The van der Waals surface area contributed by atoms with Crippen LogP contribution in [0.5, 0.6) is 0 Å². The highest BCUT2D eigenvalue weighted by Crippen LogP contribution is 2.06. The molecule has 1 amide bonds. The fourth-order valence-corrected chi connectivity index (χ4v) is 0.778. The van der Waals surface area contributed by atoms with Crippen molar-refractivity contribution in [1.82, 2.24) is 0 Å². The molecule has 0 bridgehead atoms. The van der Waals surface area contributed by atoms with Crippen molar-refractivity contribution < 1.29 is 14.0 Å². The van der Waals surface area contributed by atoms with Crippen molar-refractivity contribution in [2.24, 2.45) is 5.73 Å². The molecule has 0 spiro atoms. The number of hydrogen-bond donors (Lipinski definition) is 1. The third-order valence-electron chi connectivity index (χ3n) is 1.34. The van der Waals surface area contributed by atoms with Gasteiger partial charge < -0.3 is 5.73 Å². The van der Waals surface area contributed by atoms with Crippen LogP contribution in [0.3, 0.4) is 0 Å². The van der Waals surface area contributed by atoms with Crippen LogP contribution >= 0.6 is 0 Å². The van der Waals surface area contributed by atoms with Gasteiger partial charge in [-0.25, -0.2) is 4.39 Å². The lowest BCUT2D eigenvalue weighted by atomic mass is 10.1. The molecule has 0 radical (unpaired) electrons. The van der Waals surface area contributed by atoms with Crippen LogP contribution in [-0.2, 0) is 4.79 Å². The average Bonchev–Trinajstić information content (AvgIpc) is 2.04. The topological polar surface area (TPSA) is 60.2 Å². The van der Waals surface area contributed by atoms with Crippen LogP contribution in [0, 0.1) is 5.82 Å². The molecule has 0 aromatic heterocycles. The Balaban J connectivity index is 3.11. The third kappa shape index (κ3) is 1.47. The van der Waals surface area contributed by atoms with Gasteiger partial charge in [0.25, 0.3) is 11.7 Å². The van der Waals surface area contributed by atoms with Crippen LogP contribution in [0.25, 0.3) is 0 Å². The SMILES string of the molecule is NC(=O)C(=O)c1ccccc1F. The largest absolute Gasteiger partial charge is 0.363 e. The first-order valence-corrected chi connectivity index (χ1v) is 3.21. The molecule has 0 aliphatic rings. The summed E-state index contributed by atoms with van der Waals surface area (Å²) in [6, 6.07) is 5.19. The van der Waals surface area contributed by atoms with Gasteiger partial charge in [0, 0.05) is 0 Å². The van der Waals surface area contributed by atoms with E-state index in [1.807, 2.05) is 0 Å². The van der Waals surface area contributed by atoms with Gasteiger partial charge in [-0.1, -0.05) is 12.1 Å². The first-order chi connectivity index (χ1) is 5.63. The number of halogens is 1. The van der Waals surface area contributed by atoms with Gasteiger partial charge in [-0.05, 0) is 12.1 Å². The molecule has 0 heterocycles. The molecule has 0 saturated carbocycles. The van der Waals surface area contributed by atoms with Crippen molar-refractivity contribution in [2.75, 3.05) is 0 Å². The van der Waals surface area contributed by atoms with Crippen LogP contribution in [0.2, 0.25) is 0 Å². The van der Waals surface area contributed by atoms with Gasteiger partial charge in [0.2, 0.25) is 0 Å². The molecule has 1 aromatic rings. The second-order valence-corrected chi connectivity index (χ2v) is 2.17. The number of carbonyl (C=O) groups is 2. The maximum atomic E-state index is 12.8. The van der Waals surface area contributed by atoms with E-state index < -0.39 is 17.5 Å². The highest BCUT2D eigenvalue weighted by molar-refractivity contribution is 6.42. The fraction of sp³-hybridized carbons (Fsp3) is 0. The molecule has 0 aliphatic heterocycles. The summed E-state index contributed by atoms with van der Waals surface area (Å²) < 4.78 is 12.8. The predicted octanol–water partition coefficient (Wildman–Crippen LogP) is 0.494. The van der Waals surface area contributed by atoms with Crippen molar-refractivity contribution in [2.45, 2.75) is 0 Å². The molecular formula is C8H6FNO2. The minimum absolute atomic E-state index is 0.287. The number of hydrogen-bond acceptors (Lipinski definition) is 2. The molecule has 0 aliphatic carbocycles. The van der Waals surface area contributed by atoms with E-state index in [0.29, 0.717) is 0 Å². The van der Waals surface area contributed by atoms with Gasteiger partial charge in [-0.2, -0.15) is 0 Å². The number of amides is 1. The number of Topliss-reactive ketones (excluding diaryl/α,β-unsaturated/α-hetero) is 1. The smallest absolute Gasteiger partial charge is 0.289 e. The highest BCUT2D eigenvalue weighted by Gasteiger charge is 2.15. The van der Waals surface area contributed by atoms with Crippen molar-refractivity contribution in [3.05, 3.63) is 35.6 Å². The lowest BCUT2D eigenvalue weighted by molar-refractivity contribution is -0.114. The van der Waals surface area contributed by atoms with Crippen LogP contribution in [0.1, 0.15) is 10.4 Å². The van der Waals surface area contributed by atoms with Gasteiger partial charge in [0.05, 0.1) is 5.56 Å². The zero-order valence-electron chi connectivity index (χ0n) is 6.08. The summed E-state index contributed by atoms with van der Waals surface area (Å²) in [5, 5.41) is 0. The maximum absolute atomic E-state index is 12.8. The Morgan fingerprint density at radius 2 is 1.83 bits per heavy atom. The fourth-order valence-electron chi connectivity index (χ4n) is 0.778. The van der Waals surface area contributed by atoms with Gasteiger partial charge in [-0.15, -0.1) is 0 Å². The van der Waals surface area contributed by atoms with Crippen LogP contribution in [0.15, 0.2) is 24.3 Å². The number of nitrogens with two attached hydrogens (primary N) is 1. The zero-order chi connectivity index (χ0) is 9.14. The lowest BCUT2D eigenvalue weighted by Crippen LogP contribution is -2.23. The molecule has 1 rings (SSSR count).